The van der Waals surface area contributed by atoms with Crippen molar-refractivity contribution in [3.63, 3.8) is 0 Å². The van der Waals surface area contributed by atoms with Crippen LogP contribution in [0.1, 0.15) is 64.4 Å². The molecule has 4 rings (SSSR count). The highest BCUT2D eigenvalue weighted by molar-refractivity contribution is 6.04. The van der Waals surface area contributed by atoms with Gasteiger partial charge in [0, 0.05) is 25.2 Å². The molecule has 1 unspecified atom stereocenters. The minimum absolute atomic E-state index is 0.00737. The van der Waals surface area contributed by atoms with Gasteiger partial charge in [0.05, 0.1) is 16.8 Å². The molecule has 0 aromatic heterocycles. The second kappa shape index (κ2) is 8.84. The van der Waals surface area contributed by atoms with Crippen LogP contribution in [-0.2, 0) is 12.7 Å². The lowest BCUT2D eigenvalue weighted by molar-refractivity contribution is -0.137. The molecule has 2 aromatic carbocycles. The molecule has 1 atom stereocenters. The molecule has 2 amide bonds. The van der Waals surface area contributed by atoms with Crippen LogP contribution in [0.4, 0.5) is 18.9 Å². The molecule has 1 saturated heterocycles. The summed E-state index contributed by atoms with van der Waals surface area (Å²) in [4.78, 5) is 29.9. The Bertz CT molecular complexity index is 1000. The number of halogens is 3. The van der Waals surface area contributed by atoms with Crippen LogP contribution in [0.3, 0.4) is 0 Å². The van der Waals surface area contributed by atoms with Gasteiger partial charge in [0.2, 0.25) is 0 Å². The SMILES string of the molecule is CCN1c2cc(C(=O)NCc3ccc(C(F)(F)F)cc3)ccc2C(=O)N2CCCCCC21. The van der Waals surface area contributed by atoms with Gasteiger partial charge in [-0.2, -0.15) is 13.2 Å². The Kier molecular flexibility index (Phi) is 6.13. The maximum Gasteiger partial charge on any atom is 0.416 e. The highest BCUT2D eigenvalue weighted by Crippen LogP contribution is 2.35. The number of amides is 2. The molecular formula is C24H26F3N3O2. The van der Waals surface area contributed by atoms with E-state index in [0.717, 1.165) is 56.6 Å². The largest absolute Gasteiger partial charge is 0.416 e. The molecule has 170 valence electrons. The number of benzene rings is 2. The van der Waals surface area contributed by atoms with Crippen LogP contribution in [0.15, 0.2) is 42.5 Å². The molecule has 32 heavy (non-hydrogen) atoms. The monoisotopic (exact) mass is 445 g/mol. The fourth-order valence-electron chi connectivity index (χ4n) is 4.54. The van der Waals surface area contributed by atoms with E-state index in [-0.39, 0.29) is 24.5 Å². The number of hydrogen-bond acceptors (Lipinski definition) is 3. The molecule has 0 spiro atoms. The summed E-state index contributed by atoms with van der Waals surface area (Å²) in [5.41, 5.74) is 1.64. The van der Waals surface area contributed by atoms with Crippen molar-refractivity contribution < 1.29 is 22.8 Å². The Balaban J connectivity index is 1.51. The van der Waals surface area contributed by atoms with Crippen molar-refractivity contribution in [1.29, 1.82) is 0 Å². The summed E-state index contributed by atoms with van der Waals surface area (Å²) in [6.07, 6.45) is -0.309. The topological polar surface area (TPSA) is 52.7 Å². The fourth-order valence-corrected chi connectivity index (χ4v) is 4.54. The number of carbonyl (C=O) groups is 2. The lowest BCUT2D eigenvalue weighted by Crippen LogP contribution is -2.55. The van der Waals surface area contributed by atoms with E-state index in [1.54, 1.807) is 18.2 Å². The summed E-state index contributed by atoms with van der Waals surface area (Å²) in [6.45, 7) is 3.62. The quantitative estimate of drug-likeness (QED) is 0.734. The molecule has 2 aliphatic rings. The predicted molar refractivity (Wildman–Crippen MR) is 115 cm³/mol. The van der Waals surface area contributed by atoms with Gasteiger partial charge in [0.15, 0.2) is 0 Å². The van der Waals surface area contributed by atoms with Gasteiger partial charge >= 0.3 is 6.18 Å². The van der Waals surface area contributed by atoms with Gasteiger partial charge in [-0.3, -0.25) is 9.59 Å². The standard InChI is InChI=1S/C24H26F3N3O2/c1-2-29-20-14-17(9-12-19(20)23(32)30-13-5-3-4-6-21(29)30)22(31)28-15-16-7-10-18(11-8-16)24(25,26)27/h7-12,14,21H,2-6,13,15H2,1H3,(H,28,31). The first-order valence-corrected chi connectivity index (χ1v) is 11.0. The van der Waals surface area contributed by atoms with Crippen LogP contribution in [0.2, 0.25) is 0 Å². The fraction of sp³-hybridized carbons (Fsp3) is 0.417. The third-order valence-electron chi connectivity index (χ3n) is 6.22. The number of carbonyl (C=O) groups excluding carboxylic acids is 2. The second-order valence-corrected chi connectivity index (χ2v) is 8.22. The number of anilines is 1. The van der Waals surface area contributed by atoms with Gasteiger partial charge in [-0.1, -0.05) is 18.6 Å². The summed E-state index contributed by atoms with van der Waals surface area (Å²) in [5.74, 6) is -0.326. The first-order valence-electron chi connectivity index (χ1n) is 11.0. The maximum atomic E-state index is 13.1. The molecule has 1 N–H and O–H groups in total. The van der Waals surface area contributed by atoms with Crippen LogP contribution >= 0.6 is 0 Å². The molecular weight excluding hydrogens is 419 g/mol. The van der Waals surface area contributed by atoms with Gasteiger partial charge in [-0.25, -0.2) is 0 Å². The van der Waals surface area contributed by atoms with E-state index in [0.29, 0.717) is 16.7 Å². The molecule has 2 aromatic rings. The van der Waals surface area contributed by atoms with Crippen LogP contribution in [0.5, 0.6) is 0 Å². The van der Waals surface area contributed by atoms with Crippen molar-refractivity contribution in [1.82, 2.24) is 10.2 Å². The summed E-state index contributed by atoms with van der Waals surface area (Å²) in [7, 11) is 0. The Morgan fingerprint density at radius 2 is 1.84 bits per heavy atom. The van der Waals surface area contributed by atoms with Gasteiger partial charge in [-0.05, 0) is 62.1 Å². The van der Waals surface area contributed by atoms with E-state index in [1.807, 2.05) is 11.8 Å². The van der Waals surface area contributed by atoms with E-state index < -0.39 is 11.7 Å². The molecule has 2 heterocycles. The van der Waals surface area contributed by atoms with Crippen molar-refractivity contribution in [2.75, 3.05) is 18.0 Å². The third kappa shape index (κ3) is 4.31. The molecule has 2 aliphatic heterocycles. The van der Waals surface area contributed by atoms with Crippen LogP contribution in [-0.4, -0.2) is 36.0 Å². The molecule has 1 fully saturated rings. The first-order chi connectivity index (χ1) is 15.3. The first kappa shape index (κ1) is 22.2. The molecule has 0 saturated carbocycles. The highest BCUT2D eigenvalue weighted by atomic mass is 19.4. The lowest BCUT2D eigenvalue weighted by Gasteiger charge is -2.44. The zero-order valence-corrected chi connectivity index (χ0v) is 17.9. The zero-order chi connectivity index (χ0) is 22.9. The molecule has 0 radical (unpaired) electrons. The number of fused-ring (bicyclic) bond motifs is 2. The molecule has 5 nitrogen and oxygen atoms in total. The van der Waals surface area contributed by atoms with E-state index in [1.165, 1.54) is 12.1 Å². The van der Waals surface area contributed by atoms with Crippen molar-refractivity contribution >= 4 is 17.5 Å². The minimum Gasteiger partial charge on any atom is -0.351 e. The molecule has 8 heteroatoms. The third-order valence-corrected chi connectivity index (χ3v) is 6.22. The van der Waals surface area contributed by atoms with Gasteiger partial charge < -0.3 is 15.1 Å². The summed E-state index contributed by atoms with van der Waals surface area (Å²) in [5, 5.41) is 2.76. The normalized spacial score (nSPS) is 18.6. The van der Waals surface area contributed by atoms with Gasteiger partial charge in [0.25, 0.3) is 11.8 Å². The van der Waals surface area contributed by atoms with Gasteiger partial charge in [-0.15, -0.1) is 0 Å². The smallest absolute Gasteiger partial charge is 0.351 e. The van der Waals surface area contributed by atoms with E-state index in [4.69, 9.17) is 0 Å². The Hall–Kier alpha value is -3.03. The van der Waals surface area contributed by atoms with Crippen molar-refractivity contribution in [2.24, 2.45) is 0 Å². The van der Waals surface area contributed by atoms with Crippen molar-refractivity contribution in [2.45, 2.75) is 51.5 Å². The van der Waals surface area contributed by atoms with Crippen molar-refractivity contribution in [3.05, 3.63) is 64.7 Å². The Morgan fingerprint density at radius 3 is 2.53 bits per heavy atom. The van der Waals surface area contributed by atoms with E-state index in [2.05, 4.69) is 10.2 Å². The summed E-state index contributed by atoms with van der Waals surface area (Å²) >= 11 is 0. The highest BCUT2D eigenvalue weighted by Gasteiger charge is 2.37. The lowest BCUT2D eigenvalue weighted by atomic mass is 10.0. The summed E-state index contributed by atoms with van der Waals surface area (Å²) in [6, 6.07) is 9.80. The van der Waals surface area contributed by atoms with Crippen molar-refractivity contribution in [3.8, 4) is 0 Å². The molecule has 0 bridgehead atoms. The van der Waals surface area contributed by atoms with E-state index >= 15 is 0 Å². The number of alkyl halides is 3. The number of hydrogen-bond donors (Lipinski definition) is 1. The Morgan fingerprint density at radius 1 is 1.09 bits per heavy atom. The minimum atomic E-state index is -4.39. The average molecular weight is 445 g/mol. The van der Waals surface area contributed by atoms with E-state index in [9.17, 15) is 22.8 Å². The second-order valence-electron chi connectivity index (χ2n) is 8.22. The number of nitrogens with zero attached hydrogens (tertiary/aromatic N) is 2. The Labute approximate surface area is 185 Å². The predicted octanol–water partition coefficient (Wildman–Crippen LogP) is 4.82. The zero-order valence-electron chi connectivity index (χ0n) is 17.9. The summed E-state index contributed by atoms with van der Waals surface area (Å²) < 4.78 is 38.1. The maximum absolute atomic E-state index is 13.1. The van der Waals surface area contributed by atoms with Gasteiger partial charge in [0.1, 0.15) is 6.17 Å². The van der Waals surface area contributed by atoms with Crippen LogP contribution in [0, 0.1) is 0 Å². The van der Waals surface area contributed by atoms with Crippen LogP contribution in [0.25, 0.3) is 0 Å². The average Bonchev–Trinajstić information content (AvgIpc) is 3.03. The molecule has 0 aliphatic carbocycles. The number of nitrogens with one attached hydrogen (secondary N) is 1. The number of rotatable bonds is 4. The van der Waals surface area contributed by atoms with Crippen LogP contribution < -0.4 is 10.2 Å².